The van der Waals surface area contributed by atoms with Crippen molar-refractivity contribution in [3.8, 4) is 0 Å². The van der Waals surface area contributed by atoms with Crippen molar-refractivity contribution in [2.45, 2.75) is 89.5 Å². The van der Waals surface area contributed by atoms with Gasteiger partial charge in [-0.25, -0.2) is 13.9 Å². The minimum Gasteiger partial charge on any atom is -0.296 e. The third-order valence-corrected chi connectivity index (χ3v) is 8.20. The Morgan fingerprint density at radius 3 is 2.68 bits per heavy atom. The predicted octanol–water partition coefficient (Wildman–Crippen LogP) is 4.03. The van der Waals surface area contributed by atoms with E-state index in [0.29, 0.717) is 5.39 Å². The lowest BCUT2D eigenvalue weighted by molar-refractivity contribution is 0.238. The molecule has 0 radical (unpaired) electrons. The van der Waals surface area contributed by atoms with Crippen LogP contribution < -0.4 is 10.3 Å². The predicted molar refractivity (Wildman–Crippen MR) is 115 cm³/mol. The lowest BCUT2D eigenvalue weighted by Crippen LogP contribution is -2.35. The number of fused-ring (bicyclic) bond motifs is 3. The quantitative estimate of drug-likeness (QED) is 0.795. The van der Waals surface area contributed by atoms with Gasteiger partial charge in [0.2, 0.25) is 0 Å². The summed E-state index contributed by atoms with van der Waals surface area (Å²) < 4.78 is 17.8. The summed E-state index contributed by atoms with van der Waals surface area (Å²) in [5.41, 5.74) is 3.01. The largest absolute Gasteiger partial charge is 0.296 e. The topological polar surface area (TPSA) is 64.0 Å². The van der Waals surface area contributed by atoms with Crippen LogP contribution in [0.5, 0.6) is 0 Å². The maximum absolute atomic E-state index is 13.2. The molecule has 0 saturated heterocycles. The standard InChI is InChI=1S/C22H31N3O2S/c1-5-7-15(3)28(27)24-16(4)17-12-14(2)13-18-19(17)23-21-22(8-6-9-22)10-11-25(21)20(18)26/h12-13,15-16,24H,5-11H2,1-4H3/t15?,16-,28?/m0/s1. The first-order valence-corrected chi connectivity index (χ1v) is 11.8. The Hall–Kier alpha value is -1.53. The maximum Gasteiger partial charge on any atom is 0.261 e. The second-order valence-electron chi connectivity index (χ2n) is 8.76. The number of rotatable bonds is 6. The fraction of sp³-hybridized carbons (Fsp3) is 0.636. The SMILES string of the molecule is CCCC(C)S(=O)N[C@@H](C)c1cc(C)cc2c(=O)n3c(nc12)C1(CCC1)CC3. The molecule has 3 atom stereocenters. The van der Waals surface area contributed by atoms with Crippen LogP contribution in [0.2, 0.25) is 0 Å². The summed E-state index contributed by atoms with van der Waals surface area (Å²) in [6.45, 7) is 8.95. The third kappa shape index (κ3) is 3.14. The van der Waals surface area contributed by atoms with Gasteiger partial charge in [-0.2, -0.15) is 0 Å². The van der Waals surface area contributed by atoms with Gasteiger partial charge in [0, 0.05) is 23.3 Å². The van der Waals surface area contributed by atoms with Gasteiger partial charge in [-0.15, -0.1) is 0 Å². The van der Waals surface area contributed by atoms with Crippen LogP contribution in [0, 0.1) is 6.92 Å². The maximum atomic E-state index is 13.2. The van der Waals surface area contributed by atoms with Crippen LogP contribution in [-0.4, -0.2) is 19.0 Å². The molecule has 1 aromatic heterocycles. The lowest BCUT2D eigenvalue weighted by atomic mass is 9.67. The number of benzene rings is 1. The van der Waals surface area contributed by atoms with Gasteiger partial charge >= 0.3 is 0 Å². The second kappa shape index (κ2) is 7.38. The van der Waals surface area contributed by atoms with Gasteiger partial charge in [0.15, 0.2) is 0 Å². The molecule has 28 heavy (non-hydrogen) atoms. The average molecular weight is 402 g/mol. The zero-order chi connectivity index (χ0) is 20.1. The van der Waals surface area contributed by atoms with Crippen LogP contribution >= 0.6 is 0 Å². The van der Waals surface area contributed by atoms with Gasteiger partial charge in [0.1, 0.15) is 5.82 Å². The van der Waals surface area contributed by atoms with Crippen molar-refractivity contribution in [2.24, 2.45) is 0 Å². The fourth-order valence-corrected chi connectivity index (χ4v) is 5.98. The first-order valence-electron chi connectivity index (χ1n) is 10.6. The molecule has 4 rings (SSSR count). The number of nitrogens with one attached hydrogen (secondary N) is 1. The minimum absolute atomic E-state index is 0.0846. The van der Waals surface area contributed by atoms with Crippen LogP contribution in [0.3, 0.4) is 0 Å². The Labute approximate surface area is 169 Å². The van der Waals surface area contributed by atoms with Crippen molar-refractivity contribution in [2.75, 3.05) is 0 Å². The summed E-state index contributed by atoms with van der Waals surface area (Å²) in [5, 5.41) is 0.792. The highest BCUT2D eigenvalue weighted by Crippen LogP contribution is 2.49. The van der Waals surface area contributed by atoms with E-state index in [1.54, 1.807) is 0 Å². The van der Waals surface area contributed by atoms with Gasteiger partial charge in [0.05, 0.1) is 21.9 Å². The molecular weight excluding hydrogens is 370 g/mol. The molecule has 1 saturated carbocycles. The zero-order valence-corrected chi connectivity index (χ0v) is 18.2. The highest BCUT2D eigenvalue weighted by molar-refractivity contribution is 7.83. The summed E-state index contributed by atoms with van der Waals surface area (Å²) in [4.78, 5) is 18.3. The van der Waals surface area contributed by atoms with E-state index in [4.69, 9.17) is 4.98 Å². The van der Waals surface area contributed by atoms with E-state index >= 15 is 0 Å². The van der Waals surface area contributed by atoms with Crippen LogP contribution in [0.4, 0.5) is 0 Å². The Morgan fingerprint density at radius 1 is 1.29 bits per heavy atom. The van der Waals surface area contributed by atoms with Crippen LogP contribution in [0.25, 0.3) is 10.9 Å². The number of nitrogens with zero attached hydrogens (tertiary/aromatic N) is 2. The molecule has 5 nitrogen and oxygen atoms in total. The van der Waals surface area contributed by atoms with E-state index < -0.39 is 11.0 Å². The van der Waals surface area contributed by atoms with Crippen molar-refractivity contribution in [1.82, 2.24) is 14.3 Å². The van der Waals surface area contributed by atoms with Crippen LogP contribution in [0.15, 0.2) is 16.9 Å². The summed E-state index contributed by atoms with van der Waals surface area (Å²) in [5.74, 6) is 0.981. The summed E-state index contributed by atoms with van der Waals surface area (Å²) in [7, 11) is -1.12. The van der Waals surface area contributed by atoms with Crippen molar-refractivity contribution in [3.05, 3.63) is 39.4 Å². The first kappa shape index (κ1) is 19.8. The normalized spacial score (nSPS) is 20.7. The highest BCUT2D eigenvalue weighted by Gasteiger charge is 2.46. The molecule has 0 amide bonds. The van der Waals surface area contributed by atoms with E-state index in [1.807, 2.05) is 31.4 Å². The molecular formula is C22H31N3O2S. The Bertz CT molecular complexity index is 993. The number of hydrogen-bond donors (Lipinski definition) is 1. The Kier molecular flexibility index (Phi) is 5.21. The molecule has 2 aliphatic rings. The van der Waals surface area contributed by atoms with E-state index in [-0.39, 0.29) is 22.3 Å². The van der Waals surface area contributed by atoms with Crippen LogP contribution in [-0.2, 0) is 22.9 Å². The van der Waals surface area contributed by atoms with Gasteiger partial charge in [-0.05, 0) is 63.6 Å². The zero-order valence-electron chi connectivity index (χ0n) is 17.4. The lowest BCUT2D eigenvalue weighted by Gasteiger charge is -2.37. The van der Waals surface area contributed by atoms with Gasteiger partial charge < -0.3 is 0 Å². The Morgan fingerprint density at radius 2 is 2.04 bits per heavy atom. The van der Waals surface area contributed by atoms with Gasteiger partial charge in [-0.3, -0.25) is 9.36 Å². The second-order valence-corrected chi connectivity index (χ2v) is 10.4. The van der Waals surface area contributed by atoms with Crippen molar-refractivity contribution >= 4 is 21.9 Å². The van der Waals surface area contributed by atoms with E-state index in [1.165, 1.54) is 6.42 Å². The summed E-state index contributed by atoms with van der Waals surface area (Å²) >= 11 is 0. The monoisotopic (exact) mass is 401 g/mol. The molecule has 2 aromatic rings. The molecule has 1 N–H and O–H groups in total. The third-order valence-electron chi connectivity index (χ3n) is 6.65. The smallest absolute Gasteiger partial charge is 0.261 e. The summed E-state index contributed by atoms with van der Waals surface area (Å²) in [6.07, 6.45) is 6.48. The Balaban J connectivity index is 1.78. The average Bonchev–Trinajstić information content (AvgIpc) is 3.02. The minimum atomic E-state index is -1.12. The van der Waals surface area contributed by atoms with Crippen molar-refractivity contribution in [3.63, 3.8) is 0 Å². The fourth-order valence-electron chi connectivity index (χ4n) is 4.83. The molecule has 152 valence electrons. The first-order chi connectivity index (χ1) is 13.4. The van der Waals surface area contributed by atoms with E-state index in [2.05, 4.69) is 17.7 Å². The van der Waals surface area contributed by atoms with Crippen molar-refractivity contribution in [1.29, 1.82) is 0 Å². The number of aromatic nitrogens is 2. The molecule has 1 aromatic carbocycles. The molecule has 1 aliphatic carbocycles. The summed E-state index contributed by atoms with van der Waals surface area (Å²) in [6, 6.07) is 3.92. The molecule has 1 aliphatic heterocycles. The van der Waals surface area contributed by atoms with Crippen LogP contribution in [0.1, 0.15) is 82.3 Å². The molecule has 2 unspecified atom stereocenters. The molecule has 6 heteroatoms. The molecule has 2 heterocycles. The van der Waals surface area contributed by atoms with Gasteiger partial charge in [-0.1, -0.05) is 25.8 Å². The highest BCUT2D eigenvalue weighted by atomic mass is 32.2. The molecule has 0 bridgehead atoms. The van der Waals surface area contributed by atoms with E-state index in [0.717, 1.165) is 61.1 Å². The van der Waals surface area contributed by atoms with E-state index in [9.17, 15) is 9.00 Å². The molecule has 1 fully saturated rings. The van der Waals surface area contributed by atoms with Gasteiger partial charge in [0.25, 0.3) is 5.56 Å². The number of aryl methyl sites for hydroxylation is 1. The van der Waals surface area contributed by atoms with Crippen molar-refractivity contribution < 1.29 is 4.21 Å². The molecule has 1 spiro atoms. The number of hydrogen-bond acceptors (Lipinski definition) is 3.